The Morgan fingerprint density at radius 3 is 2.75 bits per heavy atom. The molecule has 96 valence electrons. The Balaban J connectivity index is 2.39. The summed E-state index contributed by atoms with van der Waals surface area (Å²) in [5, 5.41) is 1.04. The summed E-state index contributed by atoms with van der Waals surface area (Å²) < 4.78 is 24.5. The first-order valence-electron chi connectivity index (χ1n) is 5.94. The highest BCUT2D eigenvalue weighted by atomic mass is 79.9. The average molecular weight is 312 g/mol. The summed E-state index contributed by atoms with van der Waals surface area (Å²) in [6, 6.07) is 0. The van der Waals surface area contributed by atoms with Crippen LogP contribution in [0, 0.1) is 11.8 Å². The van der Waals surface area contributed by atoms with Crippen molar-refractivity contribution < 1.29 is 8.42 Å². The van der Waals surface area contributed by atoms with Gasteiger partial charge in [0.25, 0.3) is 0 Å². The minimum absolute atomic E-state index is 0.560. The van der Waals surface area contributed by atoms with Crippen LogP contribution < -0.4 is 0 Å². The van der Waals surface area contributed by atoms with Crippen LogP contribution in [0.25, 0.3) is 0 Å². The normalized spacial score (nSPS) is 25.6. The number of nitrogens with zero attached hydrogens (tertiary/aromatic N) is 1. The Hall–Kier alpha value is 0.390. The van der Waals surface area contributed by atoms with Crippen molar-refractivity contribution >= 4 is 26.0 Å². The van der Waals surface area contributed by atoms with Gasteiger partial charge in [-0.15, -0.1) is 0 Å². The number of rotatable bonds is 5. The second-order valence-corrected chi connectivity index (χ2v) is 7.60. The predicted octanol–water partition coefficient (Wildman–Crippen LogP) is 2.47. The molecule has 0 spiro atoms. The highest BCUT2D eigenvalue weighted by molar-refractivity contribution is 9.09. The molecule has 0 amide bonds. The van der Waals surface area contributed by atoms with Crippen LogP contribution in [0.4, 0.5) is 0 Å². The smallest absolute Gasteiger partial charge is 0.211 e. The van der Waals surface area contributed by atoms with E-state index in [9.17, 15) is 8.42 Å². The van der Waals surface area contributed by atoms with Gasteiger partial charge in [0, 0.05) is 18.4 Å². The topological polar surface area (TPSA) is 37.4 Å². The van der Waals surface area contributed by atoms with Crippen molar-refractivity contribution in [2.75, 3.05) is 24.7 Å². The van der Waals surface area contributed by atoms with Crippen LogP contribution in [0.5, 0.6) is 0 Å². The number of piperidine rings is 1. The molecule has 1 heterocycles. The molecule has 0 aromatic rings. The third-order valence-corrected chi connectivity index (χ3v) is 5.66. The lowest BCUT2D eigenvalue weighted by Gasteiger charge is -2.31. The quantitative estimate of drug-likeness (QED) is 0.731. The molecule has 0 saturated carbocycles. The van der Waals surface area contributed by atoms with Gasteiger partial charge in [-0.3, -0.25) is 0 Å². The van der Waals surface area contributed by atoms with Crippen LogP contribution in [0.2, 0.25) is 0 Å². The molecule has 1 rings (SSSR count). The molecular formula is C11H22BrNO2S. The Bertz CT molecular complexity index is 305. The maximum Gasteiger partial charge on any atom is 0.211 e. The molecule has 0 aliphatic carbocycles. The standard InChI is InChI=1S/C11H22BrNO2S/c1-10(8-12)5-6-11-4-3-7-13(9-11)16(2,14)15/h10-11H,3-9H2,1-2H3. The molecule has 1 saturated heterocycles. The molecule has 0 aromatic heterocycles. The lowest BCUT2D eigenvalue weighted by atomic mass is 9.92. The number of sulfonamides is 1. The van der Waals surface area contributed by atoms with Gasteiger partial charge in [-0.1, -0.05) is 22.9 Å². The van der Waals surface area contributed by atoms with Gasteiger partial charge in [0.15, 0.2) is 0 Å². The maximum absolute atomic E-state index is 11.4. The van der Waals surface area contributed by atoms with Crippen LogP contribution in [-0.4, -0.2) is 37.4 Å². The van der Waals surface area contributed by atoms with E-state index >= 15 is 0 Å². The maximum atomic E-state index is 11.4. The van der Waals surface area contributed by atoms with Gasteiger partial charge in [0.2, 0.25) is 10.0 Å². The van der Waals surface area contributed by atoms with Gasteiger partial charge in [0.05, 0.1) is 6.26 Å². The van der Waals surface area contributed by atoms with Crippen LogP contribution in [0.15, 0.2) is 0 Å². The summed E-state index contributed by atoms with van der Waals surface area (Å²) in [4.78, 5) is 0. The molecular weight excluding hydrogens is 290 g/mol. The molecule has 0 N–H and O–H groups in total. The van der Waals surface area contributed by atoms with Gasteiger partial charge in [-0.25, -0.2) is 12.7 Å². The molecule has 1 aliphatic heterocycles. The van der Waals surface area contributed by atoms with Gasteiger partial charge in [-0.2, -0.15) is 0 Å². The summed E-state index contributed by atoms with van der Waals surface area (Å²) in [7, 11) is -2.98. The first-order valence-corrected chi connectivity index (χ1v) is 8.91. The van der Waals surface area contributed by atoms with Crippen LogP contribution >= 0.6 is 15.9 Å². The van der Waals surface area contributed by atoms with E-state index in [0.29, 0.717) is 18.4 Å². The molecule has 5 heteroatoms. The molecule has 3 nitrogen and oxygen atoms in total. The van der Waals surface area contributed by atoms with Crippen molar-refractivity contribution in [2.45, 2.75) is 32.6 Å². The monoisotopic (exact) mass is 311 g/mol. The lowest BCUT2D eigenvalue weighted by molar-refractivity contribution is 0.248. The van der Waals surface area contributed by atoms with E-state index in [1.807, 2.05) is 0 Å². The van der Waals surface area contributed by atoms with Crippen LogP contribution in [0.3, 0.4) is 0 Å². The zero-order chi connectivity index (χ0) is 12.2. The molecule has 0 aromatic carbocycles. The zero-order valence-electron chi connectivity index (χ0n) is 10.2. The minimum atomic E-state index is -2.98. The predicted molar refractivity (Wildman–Crippen MR) is 71.3 cm³/mol. The fraction of sp³-hybridized carbons (Fsp3) is 1.00. The number of hydrogen-bond donors (Lipinski definition) is 0. The van der Waals surface area contributed by atoms with Crippen molar-refractivity contribution in [2.24, 2.45) is 11.8 Å². The van der Waals surface area contributed by atoms with Crippen LogP contribution in [0.1, 0.15) is 32.6 Å². The van der Waals surface area contributed by atoms with Gasteiger partial charge >= 0.3 is 0 Å². The minimum Gasteiger partial charge on any atom is -0.213 e. The summed E-state index contributed by atoms with van der Waals surface area (Å²) >= 11 is 3.48. The molecule has 0 radical (unpaired) electrons. The Kier molecular flexibility index (Phi) is 5.74. The Morgan fingerprint density at radius 1 is 1.50 bits per heavy atom. The summed E-state index contributed by atoms with van der Waals surface area (Å²) in [5.41, 5.74) is 0. The van der Waals surface area contributed by atoms with E-state index < -0.39 is 10.0 Å². The van der Waals surface area contributed by atoms with Gasteiger partial charge in [-0.05, 0) is 37.5 Å². The van der Waals surface area contributed by atoms with E-state index in [1.165, 1.54) is 19.1 Å². The van der Waals surface area contributed by atoms with Crippen molar-refractivity contribution in [1.82, 2.24) is 4.31 Å². The zero-order valence-corrected chi connectivity index (χ0v) is 12.6. The van der Waals surface area contributed by atoms with E-state index in [-0.39, 0.29) is 0 Å². The molecule has 2 atom stereocenters. The SMILES string of the molecule is CC(CBr)CCC1CCCN(S(C)(=O)=O)C1. The molecule has 2 unspecified atom stereocenters. The van der Waals surface area contributed by atoms with Crippen molar-refractivity contribution in [3.05, 3.63) is 0 Å². The van der Waals surface area contributed by atoms with Crippen molar-refractivity contribution in [1.29, 1.82) is 0 Å². The summed E-state index contributed by atoms with van der Waals surface area (Å²) in [6.45, 7) is 3.67. The first-order chi connectivity index (χ1) is 7.43. The fourth-order valence-electron chi connectivity index (χ4n) is 2.16. The number of hydrogen-bond acceptors (Lipinski definition) is 2. The van der Waals surface area contributed by atoms with Gasteiger partial charge < -0.3 is 0 Å². The van der Waals surface area contributed by atoms with Crippen molar-refractivity contribution in [3.8, 4) is 0 Å². The summed E-state index contributed by atoms with van der Waals surface area (Å²) in [6.07, 6.45) is 5.85. The van der Waals surface area contributed by atoms with Gasteiger partial charge in [0.1, 0.15) is 0 Å². The second kappa shape index (κ2) is 6.36. The van der Waals surface area contributed by atoms with E-state index in [2.05, 4.69) is 22.9 Å². The number of alkyl halides is 1. The fourth-order valence-corrected chi connectivity index (χ4v) is 3.43. The third-order valence-electron chi connectivity index (χ3n) is 3.28. The highest BCUT2D eigenvalue weighted by Gasteiger charge is 2.25. The van der Waals surface area contributed by atoms with E-state index in [0.717, 1.165) is 24.7 Å². The Morgan fingerprint density at radius 2 is 2.19 bits per heavy atom. The molecule has 16 heavy (non-hydrogen) atoms. The summed E-state index contributed by atoms with van der Waals surface area (Å²) in [5.74, 6) is 1.25. The van der Waals surface area contributed by atoms with E-state index in [1.54, 1.807) is 4.31 Å². The van der Waals surface area contributed by atoms with Crippen LogP contribution in [-0.2, 0) is 10.0 Å². The second-order valence-electron chi connectivity index (χ2n) is 4.97. The largest absolute Gasteiger partial charge is 0.213 e. The third kappa shape index (κ3) is 4.72. The highest BCUT2D eigenvalue weighted by Crippen LogP contribution is 2.24. The Labute approximate surface area is 108 Å². The number of halogens is 1. The molecule has 1 fully saturated rings. The lowest BCUT2D eigenvalue weighted by Crippen LogP contribution is -2.39. The molecule has 1 aliphatic rings. The van der Waals surface area contributed by atoms with Crippen molar-refractivity contribution in [3.63, 3.8) is 0 Å². The average Bonchev–Trinajstić information content (AvgIpc) is 2.25. The first kappa shape index (κ1) is 14.5. The molecule has 0 bridgehead atoms. The van der Waals surface area contributed by atoms with E-state index in [4.69, 9.17) is 0 Å².